The minimum absolute atomic E-state index is 0.258. The maximum absolute atomic E-state index is 12.1. The van der Waals surface area contributed by atoms with E-state index in [4.69, 9.17) is 32.9 Å². The van der Waals surface area contributed by atoms with Crippen LogP contribution in [0.15, 0.2) is 72.9 Å². The lowest BCUT2D eigenvalue weighted by atomic mass is 10.1. The van der Waals surface area contributed by atoms with Gasteiger partial charge in [0.15, 0.2) is 0 Å². The number of rotatable bonds is 7. The number of amides is 1. The second-order valence-electron chi connectivity index (χ2n) is 8.89. The number of benzene rings is 3. The molecule has 0 bridgehead atoms. The van der Waals surface area contributed by atoms with Gasteiger partial charge in [0.1, 0.15) is 12.4 Å². The Bertz CT molecular complexity index is 1730. The van der Waals surface area contributed by atoms with Gasteiger partial charge in [-0.15, -0.1) is 0 Å². The van der Waals surface area contributed by atoms with E-state index in [1.165, 1.54) is 7.11 Å². The second-order valence-corrected chi connectivity index (χ2v) is 11.3. The van der Waals surface area contributed by atoms with Gasteiger partial charge < -0.3 is 9.30 Å². The van der Waals surface area contributed by atoms with Gasteiger partial charge in [-0.25, -0.2) is 18.8 Å². The van der Waals surface area contributed by atoms with Crippen LogP contribution in [0.4, 0.5) is 5.69 Å². The van der Waals surface area contributed by atoms with Crippen molar-refractivity contribution in [3.05, 3.63) is 105 Å². The summed E-state index contributed by atoms with van der Waals surface area (Å²) >= 11 is 12.5. The van der Waals surface area contributed by atoms with Gasteiger partial charge in [0, 0.05) is 23.3 Å². The Labute approximate surface area is 240 Å². The number of halogens is 2. The number of esters is 1. The van der Waals surface area contributed by atoms with Gasteiger partial charge >= 0.3 is 16.2 Å². The number of ether oxygens (including phenoxy) is 1. The number of nitrogens with one attached hydrogen (secondary N) is 1. The molecule has 12 heteroatoms. The van der Waals surface area contributed by atoms with Crippen LogP contribution < -0.4 is 9.03 Å². The Morgan fingerprint density at radius 2 is 1.77 bits per heavy atom. The number of anilines is 1. The Balaban J connectivity index is 1.44. The number of carbonyl (C=O) groups excluding carboxylic acids is 2. The standard InChI is InChI=1S/C28H22Cl2N4O5S/c1-39-28(36)20-7-2-19(3-8-20)15-33-16-25(23-12-9-21(29)14-24(23)30)31-26(33)13-6-18-4-10-22(11-5-18)34-17-27(35)32-40(34,37)38/h2-14,16H,15,17H2,1H3,(H,32,35). The summed E-state index contributed by atoms with van der Waals surface area (Å²) in [4.78, 5) is 28.1. The predicted octanol–water partition coefficient (Wildman–Crippen LogP) is 5.04. The fraction of sp³-hybridized carbons (Fsp3) is 0.107. The van der Waals surface area contributed by atoms with Crippen LogP contribution in [0.3, 0.4) is 0 Å². The quantitative estimate of drug-likeness (QED) is 0.299. The van der Waals surface area contributed by atoms with Crippen LogP contribution in [0.1, 0.15) is 27.3 Å². The minimum atomic E-state index is -3.87. The van der Waals surface area contributed by atoms with Gasteiger partial charge in [-0.2, -0.15) is 8.42 Å². The SMILES string of the molecule is COC(=O)c1ccc(Cn2cc(-c3ccc(Cl)cc3Cl)nc2C=Cc2ccc(N3CC(=O)NS3(=O)=O)cc2)cc1. The molecule has 1 N–H and O–H groups in total. The van der Waals surface area contributed by atoms with Crippen LogP contribution in [0.2, 0.25) is 10.0 Å². The molecular formula is C28H22Cl2N4O5S. The molecule has 1 aliphatic rings. The minimum Gasteiger partial charge on any atom is -0.465 e. The van der Waals surface area contributed by atoms with Gasteiger partial charge in [0.05, 0.1) is 29.1 Å². The van der Waals surface area contributed by atoms with E-state index >= 15 is 0 Å². The number of aromatic nitrogens is 2. The fourth-order valence-electron chi connectivity index (χ4n) is 4.18. The van der Waals surface area contributed by atoms with E-state index < -0.39 is 22.1 Å². The first-order valence-corrected chi connectivity index (χ1v) is 14.1. The van der Waals surface area contributed by atoms with Crippen molar-refractivity contribution < 1.29 is 22.7 Å². The molecule has 1 fully saturated rings. The van der Waals surface area contributed by atoms with E-state index in [1.807, 2.05) is 39.8 Å². The molecule has 0 radical (unpaired) electrons. The summed E-state index contributed by atoms with van der Waals surface area (Å²) in [7, 11) is -2.54. The molecule has 0 aliphatic carbocycles. The second kappa shape index (κ2) is 11.2. The highest BCUT2D eigenvalue weighted by Gasteiger charge is 2.33. The van der Waals surface area contributed by atoms with Crippen LogP contribution in [-0.4, -0.2) is 43.5 Å². The molecule has 5 rings (SSSR count). The highest BCUT2D eigenvalue weighted by atomic mass is 35.5. The summed E-state index contributed by atoms with van der Waals surface area (Å²) in [6.45, 7) is 0.206. The molecule has 40 heavy (non-hydrogen) atoms. The summed E-state index contributed by atoms with van der Waals surface area (Å²) in [6.07, 6.45) is 5.56. The monoisotopic (exact) mass is 596 g/mol. The van der Waals surface area contributed by atoms with Crippen LogP contribution in [0, 0.1) is 0 Å². The lowest BCUT2D eigenvalue weighted by Gasteiger charge is -2.14. The largest absolute Gasteiger partial charge is 0.465 e. The van der Waals surface area contributed by atoms with E-state index in [0.29, 0.717) is 39.4 Å². The summed E-state index contributed by atoms with van der Waals surface area (Å²) in [5.41, 5.74) is 3.94. The zero-order valence-corrected chi connectivity index (χ0v) is 23.4. The fourth-order valence-corrected chi connectivity index (χ4v) is 5.83. The first-order valence-electron chi connectivity index (χ1n) is 11.9. The van der Waals surface area contributed by atoms with Gasteiger partial charge in [-0.1, -0.05) is 53.5 Å². The van der Waals surface area contributed by atoms with Crippen LogP contribution in [-0.2, 0) is 26.3 Å². The van der Waals surface area contributed by atoms with E-state index in [1.54, 1.807) is 54.6 Å². The summed E-state index contributed by atoms with van der Waals surface area (Å²) in [6, 6.07) is 19.1. The zero-order chi connectivity index (χ0) is 28.4. The third-order valence-electron chi connectivity index (χ3n) is 6.17. The molecule has 2 heterocycles. The molecule has 0 spiro atoms. The van der Waals surface area contributed by atoms with E-state index in [2.05, 4.69) is 0 Å². The van der Waals surface area contributed by atoms with Crippen molar-refractivity contribution >= 4 is 63.1 Å². The lowest BCUT2D eigenvalue weighted by molar-refractivity contribution is -0.117. The smallest absolute Gasteiger partial charge is 0.337 e. The molecule has 1 saturated heterocycles. The Morgan fingerprint density at radius 1 is 1.05 bits per heavy atom. The third-order valence-corrected chi connectivity index (χ3v) is 8.12. The molecule has 204 valence electrons. The summed E-state index contributed by atoms with van der Waals surface area (Å²) in [5, 5.41) is 0.986. The molecular weight excluding hydrogens is 575 g/mol. The third kappa shape index (κ3) is 5.89. The number of hydrogen-bond donors (Lipinski definition) is 1. The van der Waals surface area contributed by atoms with Crippen molar-refractivity contribution in [3.8, 4) is 11.3 Å². The van der Waals surface area contributed by atoms with E-state index in [9.17, 15) is 18.0 Å². The molecule has 0 saturated carbocycles. The van der Waals surface area contributed by atoms with E-state index in [0.717, 1.165) is 21.0 Å². The maximum Gasteiger partial charge on any atom is 0.337 e. The highest BCUT2D eigenvalue weighted by molar-refractivity contribution is 7.92. The topological polar surface area (TPSA) is 111 Å². The van der Waals surface area contributed by atoms with Crippen molar-refractivity contribution in [2.75, 3.05) is 18.0 Å². The number of nitrogens with zero attached hydrogens (tertiary/aromatic N) is 3. The highest BCUT2D eigenvalue weighted by Crippen LogP contribution is 2.30. The summed E-state index contributed by atoms with van der Waals surface area (Å²) < 4.78 is 33.9. The Kier molecular flexibility index (Phi) is 7.66. The van der Waals surface area contributed by atoms with Crippen LogP contribution in [0.25, 0.3) is 23.4 Å². The maximum atomic E-state index is 12.1. The van der Waals surface area contributed by atoms with Gasteiger partial charge in [-0.05, 0) is 59.7 Å². The number of carbonyl (C=O) groups is 2. The first-order chi connectivity index (χ1) is 19.1. The van der Waals surface area contributed by atoms with Gasteiger partial charge in [-0.3, -0.25) is 4.79 Å². The van der Waals surface area contributed by atoms with Crippen molar-refractivity contribution in [2.24, 2.45) is 0 Å². The molecule has 1 aliphatic heterocycles. The van der Waals surface area contributed by atoms with Crippen molar-refractivity contribution in [3.63, 3.8) is 0 Å². The Hall–Kier alpha value is -4.12. The Morgan fingerprint density at radius 3 is 2.40 bits per heavy atom. The van der Waals surface area contributed by atoms with Crippen molar-refractivity contribution in [2.45, 2.75) is 6.54 Å². The summed E-state index contributed by atoms with van der Waals surface area (Å²) in [5.74, 6) is -0.347. The van der Waals surface area contributed by atoms with E-state index in [-0.39, 0.29) is 6.54 Å². The average molecular weight is 597 g/mol. The molecule has 1 amide bonds. The molecule has 0 unspecified atom stereocenters. The molecule has 9 nitrogen and oxygen atoms in total. The molecule has 0 atom stereocenters. The molecule has 4 aromatic rings. The zero-order valence-electron chi connectivity index (χ0n) is 21.0. The number of imidazole rings is 1. The van der Waals surface area contributed by atoms with Crippen molar-refractivity contribution in [1.82, 2.24) is 14.3 Å². The number of hydrogen-bond acceptors (Lipinski definition) is 6. The van der Waals surface area contributed by atoms with Crippen LogP contribution in [0.5, 0.6) is 0 Å². The predicted molar refractivity (Wildman–Crippen MR) is 154 cm³/mol. The van der Waals surface area contributed by atoms with Gasteiger partial charge in [0.25, 0.3) is 5.91 Å². The first kappa shape index (κ1) is 27.4. The molecule has 3 aromatic carbocycles. The lowest BCUT2D eigenvalue weighted by Crippen LogP contribution is -2.29. The van der Waals surface area contributed by atoms with Crippen LogP contribution >= 0.6 is 23.2 Å². The average Bonchev–Trinajstić information content (AvgIpc) is 3.45. The van der Waals surface area contributed by atoms with Crippen molar-refractivity contribution in [1.29, 1.82) is 0 Å². The molecule has 1 aromatic heterocycles. The number of methoxy groups -OCH3 is 1. The normalized spacial score (nSPS) is 14.5. The van der Waals surface area contributed by atoms with Gasteiger partial charge in [0.2, 0.25) is 0 Å².